The Balaban J connectivity index is 1.32. The van der Waals surface area contributed by atoms with Crippen molar-refractivity contribution in [3.63, 3.8) is 0 Å². The topological polar surface area (TPSA) is 86.8 Å². The molecule has 2 aromatic rings. The van der Waals surface area contributed by atoms with Gasteiger partial charge in [-0.1, -0.05) is 13.0 Å². The molecule has 0 unspecified atom stereocenters. The zero-order valence-electron chi connectivity index (χ0n) is 18.2. The maximum absolute atomic E-state index is 13.1. The maximum atomic E-state index is 13.1. The van der Waals surface area contributed by atoms with Crippen LogP contribution in [0.15, 0.2) is 33.2 Å². The highest BCUT2D eigenvalue weighted by molar-refractivity contribution is 7.91. The van der Waals surface area contributed by atoms with Crippen molar-refractivity contribution in [2.45, 2.75) is 43.4 Å². The number of nitrogens with zero attached hydrogens (tertiary/aromatic N) is 2. The third-order valence-corrected chi connectivity index (χ3v) is 10.5. The first-order chi connectivity index (χ1) is 15.3. The van der Waals surface area contributed by atoms with Crippen molar-refractivity contribution >= 4 is 44.5 Å². The number of thiophene rings is 2. The van der Waals surface area contributed by atoms with Crippen LogP contribution in [0.5, 0.6) is 0 Å². The molecule has 0 bridgehead atoms. The number of rotatable bonds is 6. The Bertz CT molecular complexity index is 1030. The summed E-state index contributed by atoms with van der Waals surface area (Å²) in [7, 11) is -3.66. The summed E-state index contributed by atoms with van der Waals surface area (Å²) in [6.07, 6.45) is 2.96. The van der Waals surface area contributed by atoms with E-state index in [1.165, 1.54) is 10.4 Å². The molecular formula is C22H29N3O4S3. The van der Waals surface area contributed by atoms with Crippen molar-refractivity contribution in [1.82, 2.24) is 14.5 Å². The average molecular weight is 496 g/mol. The van der Waals surface area contributed by atoms with Gasteiger partial charge in [-0.25, -0.2) is 8.42 Å². The smallest absolute Gasteiger partial charge is 0.254 e. The summed E-state index contributed by atoms with van der Waals surface area (Å²) in [5, 5.41) is 6.58. The number of hydrogen-bond acceptors (Lipinski definition) is 6. The summed E-state index contributed by atoms with van der Waals surface area (Å²) in [5.41, 5.74) is 0.450. The van der Waals surface area contributed by atoms with Crippen LogP contribution in [0.4, 0.5) is 0 Å². The normalized spacial score (nSPS) is 19.2. The number of hydrogen-bond donors (Lipinski definition) is 1. The van der Waals surface area contributed by atoms with Crippen LogP contribution in [-0.2, 0) is 21.4 Å². The van der Waals surface area contributed by atoms with E-state index in [1.54, 1.807) is 16.7 Å². The first-order valence-electron chi connectivity index (χ1n) is 11.0. The van der Waals surface area contributed by atoms with Gasteiger partial charge in [0.1, 0.15) is 4.21 Å². The largest absolute Gasteiger partial charge is 0.351 e. The highest BCUT2D eigenvalue weighted by Crippen LogP contribution is 2.29. The third-order valence-electron chi connectivity index (χ3n) is 6.33. The summed E-state index contributed by atoms with van der Waals surface area (Å²) in [6, 6.07) is 5.44. The van der Waals surface area contributed by atoms with Crippen molar-refractivity contribution in [3.05, 3.63) is 39.4 Å². The molecule has 174 valence electrons. The van der Waals surface area contributed by atoms with Crippen LogP contribution >= 0.6 is 22.7 Å². The molecule has 4 heterocycles. The van der Waals surface area contributed by atoms with Crippen molar-refractivity contribution in [2.24, 2.45) is 11.8 Å². The van der Waals surface area contributed by atoms with Crippen molar-refractivity contribution < 1.29 is 18.0 Å². The molecule has 0 spiro atoms. The number of carbonyl (C=O) groups is 2. The summed E-state index contributed by atoms with van der Waals surface area (Å²) >= 11 is 2.70. The molecule has 2 saturated heterocycles. The molecule has 0 atom stereocenters. The van der Waals surface area contributed by atoms with Crippen molar-refractivity contribution in [3.8, 4) is 0 Å². The van der Waals surface area contributed by atoms with Crippen LogP contribution in [0.25, 0.3) is 0 Å². The summed E-state index contributed by atoms with van der Waals surface area (Å²) in [6.45, 7) is 4.76. The van der Waals surface area contributed by atoms with Gasteiger partial charge in [0.05, 0.1) is 12.1 Å². The Morgan fingerprint density at radius 1 is 1.09 bits per heavy atom. The Hall–Kier alpha value is -1.75. The number of carbonyl (C=O) groups excluding carboxylic acids is 2. The molecule has 32 heavy (non-hydrogen) atoms. The van der Waals surface area contributed by atoms with E-state index in [4.69, 9.17) is 0 Å². The molecule has 10 heteroatoms. The Morgan fingerprint density at radius 3 is 2.47 bits per heavy atom. The van der Waals surface area contributed by atoms with Gasteiger partial charge in [-0.2, -0.15) is 4.31 Å². The predicted octanol–water partition coefficient (Wildman–Crippen LogP) is 3.40. The standard InChI is InChI=1S/C22H29N3O4S3/c1-16-4-8-24(9-5-16)22(27)18-13-20(31-15-18)32(28,29)25-10-6-17(7-11-25)21(26)23-14-19-3-2-12-30-19/h2-3,12-13,15-17H,4-11,14H2,1H3,(H,23,26). The minimum Gasteiger partial charge on any atom is -0.351 e. The molecular weight excluding hydrogens is 466 g/mol. The lowest BCUT2D eigenvalue weighted by molar-refractivity contribution is -0.126. The molecule has 7 nitrogen and oxygen atoms in total. The molecule has 0 aliphatic carbocycles. The molecule has 2 amide bonds. The average Bonchev–Trinajstić information content (AvgIpc) is 3.50. The monoisotopic (exact) mass is 495 g/mol. The Morgan fingerprint density at radius 2 is 1.81 bits per heavy atom. The SMILES string of the molecule is CC1CCN(C(=O)c2csc(S(=O)(=O)N3CCC(C(=O)NCc4cccs4)CC3)c2)CC1. The van der Waals surface area contributed by atoms with Crippen molar-refractivity contribution in [1.29, 1.82) is 0 Å². The van der Waals surface area contributed by atoms with E-state index < -0.39 is 10.0 Å². The zero-order chi connectivity index (χ0) is 22.7. The van der Waals surface area contributed by atoms with E-state index in [1.807, 2.05) is 22.4 Å². The summed E-state index contributed by atoms with van der Waals surface area (Å²) in [5.74, 6) is 0.340. The van der Waals surface area contributed by atoms with Crippen LogP contribution in [0, 0.1) is 11.8 Å². The van der Waals surface area contributed by atoms with Gasteiger partial charge in [0.15, 0.2) is 0 Å². The molecule has 4 rings (SSSR count). The lowest BCUT2D eigenvalue weighted by Gasteiger charge is -2.30. The number of piperidine rings is 2. The molecule has 0 radical (unpaired) electrons. The van der Waals surface area contributed by atoms with E-state index in [9.17, 15) is 18.0 Å². The molecule has 2 aliphatic rings. The van der Waals surface area contributed by atoms with Gasteiger partial charge in [0.2, 0.25) is 5.91 Å². The van der Waals surface area contributed by atoms with E-state index in [0.29, 0.717) is 44.0 Å². The van der Waals surface area contributed by atoms with Gasteiger partial charge >= 0.3 is 0 Å². The lowest BCUT2D eigenvalue weighted by Crippen LogP contribution is -2.42. The number of likely N-dealkylation sites (tertiary alicyclic amines) is 1. The minimum atomic E-state index is -3.66. The maximum Gasteiger partial charge on any atom is 0.254 e. The molecule has 0 aromatic carbocycles. The van der Waals surface area contributed by atoms with E-state index >= 15 is 0 Å². The van der Waals surface area contributed by atoms with Crippen LogP contribution in [-0.4, -0.2) is 55.6 Å². The summed E-state index contributed by atoms with van der Waals surface area (Å²) in [4.78, 5) is 28.1. The van der Waals surface area contributed by atoms with E-state index in [0.717, 1.165) is 42.1 Å². The van der Waals surface area contributed by atoms with Crippen LogP contribution in [0.3, 0.4) is 0 Å². The minimum absolute atomic E-state index is 0.0182. The van der Waals surface area contributed by atoms with Gasteiger partial charge in [-0.05, 0) is 49.1 Å². The summed E-state index contributed by atoms with van der Waals surface area (Å²) < 4.78 is 27.9. The second-order valence-corrected chi connectivity index (χ2v) is 12.7. The van der Waals surface area contributed by atoms with Gasteiger partial charge in [0.25, 0.3) is 15.9 Å². The zero-order valence-corrected chi connectivity index (χ0v) is 20.6. The highest BCUT2D eigenvalue weighted by Gasteiger charge is 2.33. The molecule has 2 aliphatic heterocycles. The fraction of sp³-hybridized carbons (Fsp3) is 0.545. The van der Waals surface area contributed by atoms with Gasteiger partial charge < -0.3 is 10.2 Å². The molecule has 2 fully saturated rings. The third kappa shape index (κ3) is 5.24. The highest BCUT2D eigenvalue weighted by atomic mass is 32.2. The molecule has 1 N–H and O–H groups in total. The van der Waals surface area contributed by atoms with Gasteiger partial charge in [-0.3, -0.25) is 9.59 Å². The first-order valence-corrected chi connectivity index (χ1v) is 14.2. The Labute approximate surface area is 197 Å². The quantitative estimate of drug-likeness (QED) is 0.666. The van der Waals surface area contributed by atoms with E-state index in [-0.39, 0.29) is 21.9 Å². The molecule has 2 aromatic heterocycles. The number of nitrogens with one attached hydrogen (secondary N) is 1. The molecule has 0 saturated carbocycles. The Kier molecular flexibility index (Phi) is 7.34. The number of amides is 2. The number of sulfonamides is 1. The van der Waals surface area contributed by atoms with Crippen LogP contribution in [0.1, 0.15) is 47.8 Å². The fourth-order valence-electron chi connectivity index (χ4n) is 4.18. The van der Waals surface area contributed by atoms with Crippen molar-refractivity contribution in [2.75, 3.05) is 26.2 Å². The first kappa shape index (κ1) is 23.4. The second kappa shape index (κ2) is 10.0. The predicted molar refractivity (Wildman–Crippen MR) is 126 cm³/mol. The lowest BCUT2D eigenvalue weighted by atomic mass is 9.97. The second-order valence-electron chi connectivity index (χ2n) is 8.60. The van der Waals surface area contributed by atoms with E-state index in [2.05, 4.69) is 12.2 Å². The van der Waals surface area contributed by atoms with Gasteiger partial charge in [0, 0.05) is 42.4 Å². The van der Waals surface area contributed by atoms with Crippen LogP contribution in [0.2, 0.25) is 0 Å². The van der Waals surface area contributed by atoms with Crippen LogP contribution < -0.4 is 5.32 Å². The van der Waals surface area contributed by atoms with Gasteiger partial charge in [-0.15, -0.1) is 22.7 Å². The fourth-order valence-corrected chi connectivity index (χ4v) is 7.60.